The van der Waals surface area contributed by atoms with E-state index in [1.807, 2.05) is 0 Å². The summed E-state index contributed by atoms with van der Waals surface area (Å²) in [5, 5.41) is 4.27. The third-order valence-corrected chi connectivity index (χ3v) is 5.48. The van der Waals surface area contributed by atoms with Gasteiger partial charge >= 0.3 is 0 Å². The highest BCUT2D eigenvalue weighted by molar-refractivity contribution is 5.08. The summed E-state index contributed by atoms with van der Waals surface area (Å²) in [5.41, 5.74) is 6.16. The third kappa shape index (κ3) is 2.39. The van der Waals surface area contributed by atoms with Crippen LogP contribution in [-0.4, -0.2) is 52.7 Å². The zero-order chi connectivity index (χ0) is 14.4. The van der Waals surface area contributed by atoms with Gasteiger partial charge in [0.05, 0.1) is 11.6 Å². The zero-order valence-corrected chi connectivity index (χ0v) is 12.8. The molecule has 4 heterocycles. The van der Waals surface area contributed by atoms with Crippen LogP contribution >= 0.6 is 0 Å². The van der Waals surface area contributed by atoms with E-state index in [2.05, 4.69) is 21.9 Å². The molecule has 2 N–H and O–H groups in total. The van der Waals surface area contributed by atoms with Gasteiger partial charge < -0.3 is 10.3 Å². The number of aromatic nitrogens is 2. The number of piperazine rings is 3. The highest BCUT2D eigenvalue weighted by Gasteiger charge is 2.40. The lowest BCUT2D eigenvalue weighted by molar-refractivity contribution is 0.00780. The van der Waals surface area contributed by atoms with Gasteiger partial charge in [0.2, 0.25) is 5.89 Å². The van der Waals surface area contributed by atoms with E-state index >= 15 is 0 Å². The van der Waals surface area contributed by atoms with Crippen molar-refractivity contribution < 1.29 is 4.52 Å². The average molecular weight is 291 g/mol. The topological polar surface area (TPSA) is 71.4 Å². The molecule has 3 atom stereocenters. The van der Waals surface area contributed by atoms with E-state index in [-0.39, 0.29) is 6.04 Å². The van der Waals surface area contributed by atoms with Crippen molar-refractivity contribution in [2.45, 2.75) is 44.2 Å². The standard InChI is InChI=1S/C15H25N5O/c1-11-3-2-4-15(16,9-11)14-17-13(18-21-14)12-10-19-5-7-20(12)8-6-19/h11-12H,2-10,16H2,1H3. The first-order valence-corrected chi connectivity index (χ1v) is 8.23. The van der Waals surface area contributed by atoms with E-state index in [0.717, 1.165) is 44.7 Å². The minimum absolute atomic E-state index is 0.287. The molecule has 0 spiro atoms. The first kappa shape index (κ1) is 13.7. The molecule has 0 amide bonds. The molecule has 4 fully saturated rings. The van der Waals surface area contributed by atoms with Crippen molar-refractivity contribution in [3.63, 3.8) is 0 Å². The van der Waals surface area contributed by atoms with Crippen molar-refractivity contribution in [1.82, 2.24) is 19.9 Å². The Kier molecular flexibility index (Phi) is 3.28. The van der Waals surface area contributed by atoms with Gasteiger partial charge in [0, 0.05) is 32.7 Å². The van der Waals surface area contributed by atoms with Crippen LogP contribution in [0.25, 0.3) is 0 Å². The highest BCUT2D eigenvalue weighted by Crippen LogP contribution is 2.37. The summed E-state index contributed by atoms with van der Waals surface area (Å²) in [6.07, 6.45) is 4.32. The normalized spacial score (nSPS) is 43.1. The van der Waals surface area contributed by atoms with E-state index in [4.69, 9.17) is 15.2 Å². The molecule has 116 valence electrons. The van der Waals surface area contributed by atoms with Gasteiger partial charge in [0.25, 0.3) is 0 Å². The number of fused-ring (bicyclic) bond motifs is 3. The summed E-state index contributed by atoms with van der Waals surface area (Å²) in [6, 6.07) is 0.287. The second-order valence-electron chi connectivity index (χ2n) is 7.17. The lowest BCUT2D eigenvalue weighted by atomic mass is 9.77. The second kappa shape index (κ2) is 5.04. The monoisotopic (exact) mass is 291 g/mol. The summed E-state index contributed by atoms with van der Waals surface area (Å²) >= 11 is 0. The molecule has 5 rings (SSSR count). The molecule has 6 nitrogen and oxygen atoms in total. The number of nitrogens with zero attached hydrogens (tertiary/aromatic N) is 4. The van der Waals surface area contributed by atoms with Gasteiger partial charge in [-0.1, -0.05) is 24.9 Å². The second-order valence-corrected chi connectivity index (χ2v) is 7.17. The number of nitrogens with two attached hydrogens (primary N) is 1. The molecule has 6 heteroatoms. The van der Waals surface area contributed by atoms with Crippen LogP contribution in [0.2, 0.25) is 0 Å². The van der Waals surface area contributed by atoms with E-state index < -0.39 is 5.54 Å². The molecule has 1 aliphatic carbocycles. The molecule has 4 aliphatic rings. The minimum atomic E-state index is -0.410. The Morgan fingerprint density at radius 3 is 2.76 bits per heavy atom. The van der Waals surface area contributed by atoms with Crippen molar-refractivity contribution in [2.75, 3.05) is 32.7 Å². The van der Waals surface area contributed by atoms with Gasteiger partial charge in [-0.2, -0.15) is 4.98 Å². The fourth-order valence-electron chi connectivity index (χ4n) is 4.22. The summed E-state index contributed by atoms with van der Waals surface area (Å²) in [4.78, 5) is 9.67. The van der Waals surface area contributed by atoms with Gasteiger partial charge in [0.15, 0.2) is 5.82 Å². The summed E-state index contributed by atoms with van der Waals surface area (Å²) in [5.74, 6) is 2.12. The Bertz CT molecular complexity index is 510. The molecule has 0 radical (unpaired) electrons. The van der Waals surface area contributed by atoms with Crippen LogP contribution < -0.4 is 5.73 Å². The average Bonchev–Trinajstić information content (AvgIpc) is 2.99. The molecular weight excluding hydrogens is 266 g/mol. The molecule has 1 saturated carbocycles. The fourth-order valence-corrected chi connectivity index (χ4v) is 4.22. The van der Waals surface area contributed by atoms with Crippen LogP contribution in [0.3, 0.4) is 0 Å². The first-order valence-electron chi connectivity index (χ1n) is 8.23. The molecular formula is C15H25N5O. The molecule has 3 aliphatic heterocycles. The summed E-state index contributed by atoms with van der Waals surface area (Å²) in [6.45, 7) is 7.84. The summed E-state index contributed by atoms with van der Waals surface area (Å²) < 4.78 is 5.59. The fraction of sp³-hybridized carbons (Fsp3) is 0.867. The maximum atomic E-state index is 6.57. The first-order chi connectivity index (χ1) is 10.1. The predicted octanol–water partition coefficient (Wildman–Crippen LogP) is 1.11. The molecule has 21 heavy (non-hydrogen) atoms. The number of hydrogen-bond acceptors (Lipinski definition) is 6. The Morgan fingerprint density at radius 2 is 2.10 bits per heavy atom. The van der Waals surface area contributed by atoms with Crippen LogP contribution in [0.1, 0.15) is 50.4 Å². The van der Waals surface area contributed by atoms with E-state index in [1.54, 1.807) is 0 Å². The molecule has 0 aromatic carbocycles. The van der Waals surface area contributed by atoms with Crippen molar-refractivity contribution in [1.29, 1.82) is 0 Å². The molecule has 3 saturated heterocycles. The largest absolute Gasteiger partial charge is 0.337 e. The SMILES string of the molecule is CC1CCCC(N)(c2nc(C3CN4CCN3CC4)no2)C1. The van der Waals surface area contributed by atoms with Crippen LogP contribution in [0, 0.1) is 5.92 Å². The quantitative estimate of drug-likeness (QED) is 0.880. The van der Waals surface area contributed by atoms with Gasteiger partial charge in [-0.3, -0.25) is 9.80 Å². The predicted molar refractivity (Wildman–Crippen MR) is 78.5 cm³/mol. The Hall–Kier alpha value is -0.980. The smallest absolute Gasteiger partial charge is 0.246 e. The third-order valence-electron chi connectivity index (χ3n) is 5.48. The van der Waals surface area contributed by atoms with Gasteiger partial charge in [-0.15, -0.1) is 0 Å². The van der Waals surface area contributed by atoms with Crippen molar-refractivity contribution in [2.24, 2.45) is 11.7 Å². The van der Waals surface area contributed by atoms with E-state index in [0.29, 0.717) is 11.8 Å². The van der Waals surface area contributed by atoms with E-state index in [9.17, 15) is 0 Å². The Labute approximate surface area is 125 Å². The van der Waals surface area contributed by atoms with Crippen molar-refractivity contribution in [3.8, 4) is 0 Å². The lowest BCUT2D eigenvalue weighted by Gasteiger charge is -2.46. The highest BCUT2D eigenvalue weighted by atomic mass is 16.5. The zero-order valence-electron chi connectivity index (χ0n) is 12.8. The summed E-state index contributed by atoms with van der Waals surface area (Å²) in [7, 11) is 0. The molecule has 1 aromatic rings. The minimum Gasteiger partial charge on any atom is -0.337 e. The van der Waals surface area contributed by atoms with Crippen molar-refractivity contribution in [3.05, 3.63) is 11.7 Å². The molecule has 1 aromatic heterocycles. The maximum Gasteiger partial charge on any atom is 0.246 e. The Morgan fingerprint density at radius 1 is 1.29 bits per heavy atom. The molecule has 2 bridgehead atoms. The van der Waals surface area contributed by atoms with Crippen LogP contribution in [0.15, 0.2) is 4.52 Å². The number of rotatable bonds is 2. The van der Waals surface area contributed by atoms with Gasteiger partial charge in [-0.05, 0) is 18.8 Å². The van der Waals surface area contributed by atoms with Crippen LogP contribution in [-0.2, 0) is 5.54 Å². The van der Waals surface area contributed by atoms with Crippen LogP contribution in [0.4, 0.5) is 0 Å². The van der Waals surface area contributed by atoms with Crippen LogP contribution in [0.5, 0.6) is 0 Å². The van der Waals surface area contributed by atoms with Gasteiger partial charge in [-0.25, -0.2) is 0 Å². The van der Waals surface area contributed by atoms with Crippen molar-refractivity contribution >= 4 is 0 Å². The molecule has 3 unspecified atom stereocenters. The van der Waals surface area contributed by atoms with Gasteiger partial charge in [0.1, 0.15) is 0 Å². The lowest BCUT2D eigenvalue weighted by Crippen LogP contribution is -2.57. The number of hydrogen-bond donors (Lipinski definition) is 1. The Balaban J connectivity index is 1.55. The maximum absolute atomic E-state index is 6.57. The van der Waals surface area contributed by atoms with E-state index in [1.165, 1.54) is 19.5 Å².